The van der Waals surface area contributed by atoms with Gasteiger partial charge < -0.3 is 10.6 Å². The predicted molar refractivity (Wildman–Crippen MR) is 73.0 cm³/mol. The Morgan fingerprint density at radius 1 is 1.32 bits per heavy atom. The fourth-order valence-electron chi connectivity index (χ4n) is 2.55. The zero-order valence-electron chi connectivity index (χ0n) is 10.6. The molecule has 98 valence electrons. The Bertz CT molecular complexity index is 563. The zero-order chi connectivity index (χ0) is 13.2. The van der Waals surface area contributed by atoms with Crippen molar-refractivity contribution in [1.82, 2.24) is 5.32 Å². The van der Waals surface area contributed by atoms with E-state index in [9.17, 15) is 9.59 Å². The van der Waals surface area contributed by atoms with Gasteiger partial charge in [-0.05, 0) is 37.0 Å². The summed E-state index contributed by atoms with van der Waals surface area (Å²) in [5.74, 6) is -0.0748. The van der Waals surface area contributed by atoms with E-state index in [1.54, 1.807) is 12.1 Å². The molecule has 1 unspecified atom stereocenters. The monoisotopic (exact) mass is 256 g/mol. The maximum Gasteiger partial charge on any atom is 0.251 e. The minimum Gasteiger partial charge on any atom is -0.349 e. The van der Waals surface area contributed by atoms with Gasteiger partial charge in [0.1, 0.15) is 0 Å². The van der Waals surface area contributed by atoms with Gasteiger partial charge in [0.05, 0.1) is 6.42 Å². The maximum atomic E-state index is 12.1. The molecule has 19 heavy (non-hydrogen) atoms. The molecule has 1 aromatic carbocycles. The number of anilines is 1. The fourth-order valence-corrected chi connectivity index (χ4v) is 2.55. The summed E-state index contributed by atoms with van der Waals surface area (Å²) >= 11 is 0. The summed E-state index contributed by atoms with van der Waals surface area (Å²) in [6, 6.07) is 5.62. The summed E-state index contributed by atoms with van der Waals surface area (Å²) in [6.45, 7) is 0. The molecule has 1 atom stereocenters. The van der Waals surface area contributed by atoms with E-state index in [0.717, 1.165) is 30.5 Å². The number of hydrogen-bond donors (Lipinski definition) is 2. The Morgan fingerprint density at radius 3 is 3.00 bits per heavy atom. The number of nitrogens with one attached hydrogen (secondary N) is 2. The van der Waals surface area contributed by atoms with Crippen molar-refractivity contribution in [1.29, 1.82) is 0 Å². The molecule has 0 saturated heterocycles. The van der Waals surface area contributed by atoms with E-state index in [2.05, 4.69) is 22.8 Å². The van der Waals surface area contributed by atoms with Crippen LogP contribution in [0.5, 0.6) is 0 Å². The molecule has 3 rings (SSSR count). The molecule has 2 N–H and O–H groups in total. The van der Waals surface area contributed by atoms with Crippen LogP contribution in [0.2, 0.25) is 0 Å². The molecule has 2 aliphatic rings. The van der Waals surface area contributed by atoms with Crippen molar-refractivity contribution >= 4 is 17.5 Å². The number of benzene rings is 1. The lowest BCUT2D eigenvalue weighted by Gasteiger charge is -2.19. The third-order valence-corrected chi connectivity index (χ3v) is 3.60. The van der Waals surface area contributed by atoms with Crippen LogP contribution in [0.25, 0.3) is 0 Å². The molecular formula is C15H16N2O2. The number of carbonyl (C=O) groups excluding carboxylic acids is 2. The van der Waals surface area contributed by atoms with Gasteiger partial charge in [-0.15, -0.1) is 0 Å². The lowest BCUT2D eigenvalue weighted by atomic mass is 10.0. The molecule has 1 aliphatic carbocycles. The Hall–Kier alpha value is -2.10. The molecule has 0 radical (unpaired) electrons. The Labute approximate surface area is 111 Å². The van der Waals surface area contributed by atoms with Gasteiger partial charge in [0.25, 0.3) is 5.91 Å². The van der Waals surface area contributed by atoms with Crippen molar-refractivity contribution in [3.8, 4) is 0 Å². The molecule has 0 saturated carbocycles. The van der Waals surface area contributed by atoms with E-state index in [-0.39, 0.29) is 17.9 Å². The summed E-state index contributed by atoms with van der Waals surface area (Å²) < 4.78 is 0. The van der Waals surface area contributed by atoms with E-state index in [1.807, 2.05) is 6.07 Å². The van der Waals surface area contributed by atoms with Crippen molar-refractivity contribution in [2.24, 2.45) is 0 Å². The third-order valence-electron chi connectivity index (χ3n) is 3.60. The fraction of sp³-hybridized carbons (Fsp3) is 0.333. The second kappa shape index (κ2) is 4.88. The second-order valence-corrected chi connectivity index (χ2v) is 5.05. The highest BCUT2D eigenvalue weighted by Gasteiger charge is 2.20. The van der Waals surface area contributed by atoms with Crippen molar-refractivity contribution in [3.05, 3.63) is 41.5 Å². The Balaban J connectivity index is 1.72. The van der Waals surface area contributed by atoms with Crippen LogP contribution in [0.1, 0.15) is 35.2 Å². The molecule has 1 aromatic rings. The van der Waals surface area contributed by atoms with Crippen LogP contribution in [0, 0.1) is 0 Å². The van der Waals surface area contributed by atoms with Gasteiger partial charge in [0, 0.05) is 17.3 Å². The van der Waals surface area contributed by atoms with Crippen LogP contribution in [0.15, 0.2) is 30.4 Å². The molecule has 0 bridgehead atoms. The van der Waals surface area contributed by atoms with Gasteiger partial charge in [0.2, 0.25) is 5.91 Å². The smallest absolute Gasteiger partial charge is 0.251 e. The number of rotatable bonds is 2. The average Bonchev–Trinajstić information content (AvgIpc) is 2.78. The van der Waals surface area contributed by atoms with Gasteiger partial charge >= 0.3 is 0 Å². The molecule has 1 aliphatic heterocycles. The third kappa shape index (κ3) is 2.52. The second-order valence-electron chi connectivity index (χ2n) is 5.05. The lowest BCUT2D eigenvalue weighted by Crippen LogP contribution is -2.35. The Kier molecular flexibility index (Phi) is 3.07. The largest absolute Gasteiger partial charge is 0.349 e. The molecule has 4 heteroatoms. The first-order chi connectivity index (χ1) is 9.22. The Morgan fingerprint density at radius 2 is 2.21 bits per heavy atom. The van der Waals surface area contributed by atoms with Crippen LogP contribution in [-0.4, -0.2) is 17.9 Å². The standard InChI is InChI=1S/C15H16N2O2/c18-14-9-10-6-7-11(8-13(10)17-14)15(19)16-12-4-2-1-3-5-12/h1-2,6-8,12H,3-5,9H2,(H,16,19)(H,17,18). The summed E-state index contributed by atoms with van der Waals surface area (Å²) in [7, 11) is 0. The number of hydrogen-bond acceptors (Lipinski definition) is 2. The minimum atomic E-state index is -0.0655. The van der Waals surface area contributed by atoms with Crippen LogP contribution >= 0.6 is 0 Å². The average molecular weight is 256 g/mol. The first kappa shape index (κ1) is 12.0. The van der Waals surface area contributed by atoms with E-state index in [0.29, 0.717) is 12.0 Å². The normalized spacial score (nSPS) is 20.8. The molecule has 0 aromatic heterocycles. The summed E-state index contributed by atoms with van der Waals surface area (Å²) in [5, 5.41) is 5.80. The predicted octanol–water partition coefficient (Wildman–Crippen LogP) is 2.02. The molecular weight excluding hydrogens is 240 g/mol. The van der Waals surface area contributed by atoms with Gasteiger partial charge in [-0.3, -0.25) is 9.59 Å². The van der Waals surface area contributed by atoms with Gasteiger partial charge in [-0.1, -0.05) is 18.2 Å². The zero-order valence-corrected chi connectivity index (χ0v) is 10.6. The van der Waals surface area contributed by atoms with Crippen LogP contribution in [0.3, 0.4) is 0 Å². The van der Waals surface area contributed by atoms with Crippen molar-refractivity contribution in [2.45, 2.75) is 31.7 Å². The molecule has 2 amide bonds. The van der Waals surface area contributed by atoms with E-state index in [1.165, 1.54) is 0 Å². The van der Waals surface area contributed by atoms with E-state index >= 15 is 0 Å². The molecule has 0 fully saturated rings. The van der Waals surface area contributed by atoms with Gasteiger partial charge in [-0.25, -0.2) is 0 Å². The SMILES string of the molecule is O=C1Cc2ccc(C(=O)NC3CC=CCC3)cc2N1. The van der Waals surface area contributed by atoms with E-state index < -0.39 is 0 Å². The summed E-state index contributed by atoms with van der Waals surface area (Å²) in [6.07, 6.45) is 7.57. The summed E-state index contributed by atoms with van der Waals surface area (Å²) in [5.41, 5.74) is 2.33. The topological polar surface area (TPSA) is 58.2 Å². The minimum absolute atomic E-state index is 0.00928. The number of amides is 2. The van der Waals surface area contributed by atoms with Gasteiger partial charge in [-0.2, -0.15) is 0 Å². The highest BCUT2D eigenvalue weighted by Crippen LogP contribution is 2.24. The maximum absolute atomic E-state index is 12.1. The first-order valence-electron chi connectivity index (χ1n) is 6.61. The van der Waals surface area contributed by atoms with Crippen molar-refractivity contribution in [2.75, 3.05) is 5.32 Å². The van der Waals surface area contributed by atoms with E-state index in [4.69, 9.17) is 0 Å². The number of fused-ring (bicyclic) bond motifs is 1. The van der Waals surface area contributed by atoms with Crippen LogP contribution in [-0.2, 0) is 11.2 Å². The lowest BCUT2D eigenvalue weighted by molar-refractivity contribution is -0.115. The summed E-state index contributed by atoms with van der Waals surface area (Å²) in [4.78, 5) is 23.4. The quantitative estimate of drug-likeness (QED) is 0.795. The van der Waals surface area contributed by atoms with Gasteiger partial charge in [0.15, 0.2) is 0 Å². The van der Waals surface area contributed by atoms with Crippen molar-refractivity contribution < 1.29 is 9.59 Å². The highest BCUT2D eigenvalue weighted by atomic mass is 16.2. The number of allylic oxidation sites excluding steroid dienone is 1. The molecule has 0 spiro atoms. The molecule has 4 nitrogen and oxygen atoms in total. The molecule has 1 heterocycles. The van der Waals surface area contributed by atoms with Crippen LogP contribution in [0.4, 0.5) is 5.69 Å². The van der Waals surface area contributed by atoms with Crippen molar-refractivity contribution in [3.63, 3.8) is 0 Å². The highest BCUT2D eigenvalue weighted by molar-refractivity contribution is 6.02. The number of carbonyl (C=O) groups is 2. The van der Waals surface area contributed by atoms with Crippen LogP contribution < -0.4 is 10.6 Å². The first-order valence-corrected chi connectivity index (χ1v) is 6.61.